The predicted molar refractivity (Wildman–Crippen MR) is 219 cm³/mol. The molecule has 0 unspecified atom stereocenters. The fourth-order valence-electron chi connectivity index (χ4n) is 6.36. The highest BCUT2D eigenvalue weighted by Crippen LogP contribution is 2.30. The summed E-state index contributed by atoms with van der Waals surface area (Å²) >= 11 is 12.1. The lowest BCUT2D eigenvalue weighted by molar-refractivity contribution is 0.0434. The van der Waals surface area contributed by atoms with E-state index >= 15 is 0 Å². The molecule has 4 rings (SSSR count). The van der Waals surface area contributed by atoms with Crippen molar-refractivity contribution in [2.45, 2.75) is 37.8 Å². The van der Waals surface area contributed by atoms with Crippen LogP contribution in [-0.4, -0.2) is 152 Å². The van der Waals surface area contributed by atoms with Gasteiger partial charge in [-0.05, 0) is 37.8 Å². The van der Waals surface area contributed by atoms with E-state index in [0.29, 0.717) is 75.5 Å². The average Bonchev–Trinajstić information content (AvgIpc) is 3.21. The van der Waals surface area contributed by atoms with Gasteiger partial charge in [0.25, 0.3) is 0 Å². The lowest BCUT2D eigenvalue weighted by Crippen LogP contribution is -2.48. The number of halogens is 2. The molecule has 2 aromatic carbocycles. The maximum absolute atomic E-state index is 12.5. The number of nitrogens with zero attached hydrogens (tertiary/aromatic N) is 2. The monoisotopic (exact) mass is 854 g/mol. The molecule has 2 fully saturated rings. The van der Waals surface area contributed by atoms with Crippen molar-refractivity contribution in [1.82, 2.24) is 31.1 Å². The Labute approximate surface area is 348 Å². The van der Waals surface area contributed by atoms with Crippen LogP contribution in [0.2, 0.25) is 10.0 Å². The number of carbonyl (C=O) groups is 4. The molecule has 4 amide bonds. The van der Waals surface area contributed by atoms with Gasteiger partial charge in [-0.1, -0.05) is 23.2 Å². The highest BCUT2D eigenvalue weighted by molar-refractivity contribution is 6.34. The van der Waals surface area contributed by atoms with Crippen LogP contribution < -0.4 is 42.2 Å². The summed E-state index contributed by atoms with van der Waals surface area (Å²) in [4.78, 5) is 54.1. The number of carbonyl (C=O) groups excluding carboxylic acids is 4. The number of benzene rings is 2. The Balaban J connectivity index is 0.926. The zero-order valence-corrected chi connectivity index (χ0v) is 34.6. The highest BCUT2D eigenvalue weighted by Gasteiger charge is 2.23. The third-order valence-corrected chi connectivity index (χ3v) is 10.3. The van der Waals surface area contributed by atoms with Crippen molar-refractivity contribution in [2.24, 2.45) is 0 Å². The summed E-state index contributed by atoms with van der Waals surface area (Å²) in [5.74, 6) is -0.471. The molecule has 0 aromatic heterocycles. The molecule has 2 aromatic rings. The number of piperidine rings is 2. The molecule has 18 nitrogen and oxygen atoms in total. The molecule has 0 aliphatic carbocycles. The van der Waals surface area contributed by atoms with E-state index in [9.17, 15) is 19.2 Å². The largest absolute Gasteiger partial charge is 0.496 e. The van der Waals surface area contributed by atoms with Gasteiger partial charge in [-0.3, -0.25) is 9.80 Å². The van der Waals surface area contributed by atoms with Crippen LogP contribution in [0.4, 0.5) is 21.0 Å². The number of hydrogen-bond acceptors (Lipinski definition) is 14. The van der Waals surface area contributed by atoms with Crippen molar-refractivity contribution in [3.63, 3.8) is 0 Å². The molecule has 0 bridgehead atoms. The Morgan fingerprint density at radius 2 is 1.00 bits per heavy atom. The standard InChI is InChI=1S/C38H56Cl2N8O10/c1-53-33-23-31(41)29(39)21-27(33)35(49)57-17-13-47-9-3-25(4-10-47)45-37(51)43-7-15-55-19-20-56-16-8-44-38(52)46-26-5-11-48(12-6-26)14-18-58-36(50)28-22-30(40)32(42)24-34(28)54-2/h21-26H,3-20,41-42H2,1-2H3,(H2,43,45,51)(H2,44,46,52). The molecule has 2 aliphatic rings. The van der Waals surface area contributed by atoms with Gasteiger partial charge in [0.15, 0.2) is 0 Å². The Hall–Kier alpha value is -4.46. The molecular formula is C38H56Cl2N8O10. The second kappa shape index (κ2) is 24.5. The van der Waals surface area contributed by atoms with Gasteiger partial charge in [-0.15, -0.1) is 0 Å². The molecule has 0 atom stereocenters. The highest BCUT2D eigenvalue weighted by atomic mass is 35.5. The van der Waals surface area contributed by atoms with Crippen molar-refractivity contribution in [3.8, 4) is 11.5 Å². The number of methoxy groups -OCH3 is 2. The second-order valence-electron chi connectivity index (χ2n) is 13.7. The number of urea groups is 2. The number of likely N-dealkylation sites (tertiary alicyclic amines) is 2. The Bertz CT molecular complexity index is 1540. The number of nitrogens with two attached hydrogens (primary N) is 2. The van der Waals surface area contributed by atoms with Crippen molar-refractivity contribution >= 4 is 58.6 Å². The summed E-state index contributed by atoms with van der Waals surface area (Å²) in [6, 6.07) is 5.45. The number of nitrogen functional groups attached to an aromatic ring is 2. The van der Waals surface area contributed by atoms with Gasteiger partial charge in [0.05, 0.1) is 62.1 Å². The first-order valence-corrected chi connectivity index (χ1v) is 20.0. The predicted octanol–water partition coefficient (Wildman–Crippen LogP) is 2.75. The van der Waals surface area contributed by atoms with Gasteiger partial charge in [0.1, 0.15) is 35.8 Å². The van der Waals surface area contributed by atoms with Crippen LogP contribution in [-0.2, 0) is 18.9 Å². The minimum atomic E-state index is -0.536. The number of ether oxygens (including phenoxy) is 6. The number of esters is 2. The maximum atomic E-state index is 12.5. The van der Waals surface area contributed by atoms with Crippen LogP contribution in [0.15, 0.2) is 24.3 Å². The van der Waals surface area contributed by atoms with Crippen LogP contribution in [0, 0.1) is 0 Å². The van der Waals surface area contributed by atoms with Crippen LogP contribution in [0.25, 0.3) is 0 Å². The van der Waals surface area contributed by atoms with E-state index in [2.05, 4.69) is 31.1 Å². The molecular weight excluding hydrogens is 799 g/mol. The Morgan fingerprint density at radius 1 is 0.621 bits per heavy atom. The third-order valence-electron chi connectivity index (χ3n) is 9.64. The summed E-state index contributed by atoms with van der Waals surface area (Å²) in [6.07, 6.45) is 3.09. The van der Waals surface area contributed by atoms with Gasteiger partial charge in [0, 0.05) is 76.6 Å². The normalized spacial score (nSPS) is 15.3. The Kier molecular flexibility index (Phi) is 19.5. The zero-order valence-electron chi connectivity index (χ0n) is 33.1. The molecule has 0 spiro atoms. The average molecular weight is 856 g/mol. The second-order valence-corrected chi connectivity index (χ2v) is 14.5. The molecule has 0 radical (unpaired) electrons. The lowest BCUT2D eigenvalue weighted by atomic mass is 10.1. The van der Waals surface area contributed by atoms with Crippen molar-refractivity contribution in [1.29, 1.82) is 0 Å². The number of rotatable bonds is 21. The Morgan fingerprint density at radius 3 is 1.36 bits per heavy atom. The number of amides is 4. The summed E-state index contributed by atoms with van der Waals surface area (Å²) in [5, 5.41) is 12.1. The van der Waals surface area contributed by atoms with Gasteiger partial charge < -0.3 is 61.2 Å². The lowest BCUT2D eigenvalue weighted by Gasteiger charge is -2.32. The third kappa shape index (κ3) is 15.4. The molecule has 8 N–H and O–H groups in total. The van der Waals surface area contributed by atoms with E-state index < -0.39 is 11.9 Å². The molecule has 58 heavy (non-hydrogen) atoms. The van der Waals surface area contributed by atoms with Crippen molar-refractivity contribution in [3.05, 3.63) is 45.4 Å². The fraction of sp³-hybridized carbons (Fsp3) is 0.579. The van der Waals surface area contributed by atoms with E-state index in [1.54, 1.807) is 0 Å². The van der Waals surface area contributed by atoms with Crippen LogP contribution in [0.3, 0.4) is 0 Å². The van der Waals surface area contributed by atoms with Gasteiger partial charge >= 0.3 is 24.0 Å². The van der Waals surface area contributed by atoms with Gasteiger partial charge in [-0.2, -0.15) is 0 Å². The SMILES string of the molecule is COc1cc(N)c(Cl)cc1C(=O)OCCN1CCC(NC(=O)NCCOCCOCCNC(=O)NC2CCN(CCOC(=O)c3cc(Cl)c(N)cc3OC)CC2)CC1. The zero-order chi connectivity index (χ0) is 41.9. The summed E-state index contributed by atoms with van der Waals surface area (Å²) in [6.45, 7) is 6.65. The quantitative estimate of drug-likeness (QED) is 0.0603. The van der Waals surface area contributed by atoms with Gasteiger partial charge in [-0.25, -0.2) is 19.2 Å². The van der Waals surface area contributed by atoms with E-state index in [0.717, 1.165) is 51.9 Å². The molecule has 2 saturated heterocycles. The van der Waals surface area contributed by atoms with Gasteiger partial charge in [0.2, 0.25) is 0 Å². The molecule has 20 heteroatoms. The first-order valence-electron chi connectivity index (χ1n) is 19.3. The number of nitrogens with one attached hydrogen (secondary N) is 4. The van der Waals surface area contributed by atoms with Crippen molar-refractivity contribution < 1.29 is 47.6 Å². The minimum absolute atomic E-state index is 0.0440. The first-order chi connectivity index (χ1) is 28.0. The van der Waals surface area contributed by atoms with Crippen LogP contribution in [0.1, 0.15) is 46.4 Å². The molecule has 0 saturated carbocycles. The maximum Gasteiger partial charge on any atom is 0.342 e. The van der Waals surface area contributed by atoms with E-state index in [4.69, 9.17) is 63.1 Å². The topological polar surface area (TPSA) is 230 Å². The van der Waals surface area contributed by atoms with E-state index in [1.807, 2.05) is 0 Å². The van der Waals surface area contributed by atoms with Crippen LogP contribution >= 0.6 is 23.2 Å². The van der Waals surface area contributed by atoms with Crippen LogP contribution in [0.5, 0.6) is 11.5 Å². The number of hydrogen-bond donors (Lipinski definition) is 6. The minimum Gasteiger partial charge on any atom is -0.496 e. The molecule has 2 heterocycles. The smallest absolute Gasteiger partial charge is 0.342 e. The van der Waals surface area contributed by atoms with Crippen molar-refractivity contribution in [2.75, 3.05) is 118 Å². The fourth-order valence-corrected chi connectivity index (χ4v) is 6.68. The van der Waals surface area contributed by atoms with E-state index in [1.165, 1.54) is 38.5 Å². The summed E-state index contributed by atoms with van der Waals surface area (Å²) in [7, 11) is 2.89. The molecule has 2 aliphatic heterocycles. The summed E-state index contributed by atoms with van der Waals surface area (Å²) in [5.41, 5.74) is 12.6. The number of anilines is 2. The molecule has 322 valence electrons. The first kappa shape index (κ1) is 46.2. The van der Waals surface area contributed by atoms with E-state index in [-0.39, 0.29) is 58.5 Å². The summed E-state index contributed by atoms with van der Waals surface area (Å²) < 4.78 is 32.4.